The molecule has 0 aliphatic carbocycles. The summed E-state index contributed by atoms with van der Waals surface area (Å²) in [5.41, 5.74) is 2.32. The summed E-state index contributed by atoms with van der Waals surface area (Å²) in [7, 11) is 0. The third-order valence-corrected chi connectivity index (χ3v) is 5.04. The fourth-order valence-corrected chi connectivity index (χ4v) is 3.64. The maximum atomic E-state index is 12.5. The Balaban J connectivity index is 1.68. The van der Waals surface area contributed by atoms with Crippen molar-refractivity contribution in [2.75, 3.05) is 49.1 Å². The molecule has 0 spiro atoms. The number of unbranched alkanes of at least 4 members (excludes halogenated alkanes) is 1. The molecule has 0 unspecified atom stereocenters. The summed E-state index contributed by atoms with van der Waals surface area (Å²) in [4.78, 5) is 19.5. The van der Waals surface area contributed by atoms with E-state index in [-0.39, 0.29) is 5.91 Å². The number of carbonyl (C=O) groups is 1. The first-order valence-corrected chi connectivity index (χ1v) is 9.16. The van der Waals surface area contributed by atoms with Crippen LogP contribution in [0.25, 0.3) is 0 Å². The maximum Gasteiger partial charge on any atom is 0.227 e. The van der Waals surface area contributed by atoms with Gasteiger partial charge >= 0.3 is 0 Å². The van der Waals surface area contributed by atoms with Crippen LogP contribution in [0.1, 0.15) is 39.0 Å². The first-order valence-electron chi connectivity index (χ1n) is 9.16. The second kappa shape index (κ2) is 7.82. The molecule has 4 heteroatoms. The Morgan fingerprint density at radius 2 is 1.74 bits per heavy atom. The summed E-state index contributed by atoms with van der Waals surface area (Å²) in [6, 6.07) is 8.39. The normalized spacial score (nSPS) is 18.3. The van der Waals surface area contributed by atoms with Crippen LogP contribution in [-0.2, 0) is 4.79 Å². The third kappa shape index (κ3) is 3.86. The molecule has 4 nitrogen and oxygen atoms in total. The number of fused-ring (bicyclic) bond motifs is 1. The van der Waals surface area contributed by atoms with Crippen molar-refractivity contribution < 1.29 is 4.79 Å². The summed E-state index contributed by atoms with van der Waals surface area (Å²) in [6.07, 6.45) is 5.41. The molecule has 0 radical (unpaired) electrons. The molecule has 0 saturated carbocycles. The molecule has 126 valence electrons. The molecule has 1 aromatic carbocycles. The quantitative estimate of drug-likeness (QED) is 0.807. The summed E-state index contributed by atoms with van der Waals surface area (Å²) in [5.74, 6) is 0.276. The highest BCUT2D eigenvalue weighted by Gasteiger charge is 2.26. The van der Waals surface area contributed by atoms with Crippen LogP contribution in [0.15, 0.2) is 24.3 Å². The van der Waals surface area contributed by atoms with Crippen LogP contribution in [0.2, 0.25) is 0 Å². The lowest BCUT2D eigenvalue weighted by molar-refractivity contribution is -0.118. The van der Waals surface area contributed by atoms with Crippen LogP contribution in [0.3, 0.4) is 0 Å². The minimum absolute atomic E-state index is 0.276. The van der Waals surface area contributed by atoms with Gasteiger partial charge in [-0.05, 0) is 44.5 Å². The lowest BCUT2D eigenvalue weighted by Gasteiger charge is -2.38. The minimum Gasteiger partial charge on any atom is -0.367 e. The highest BCUT2D eigenvalue weighted by atomic mass is 16.2. The fraction of sp³-hybridized carbons (Fsp3) is 0.632. The second-order valence-corrected chi connectivity index (χ2v) is 6.67. The highest BCUT2D eigenvalue weighted by Crippen LogP contribution is 2.33. The van der Waals surface area contributed by atoms with Crippen molar-refractivity contribution in [2.24, 2.45) is 0 Å². The molecule has 3 rings (SSSR count). The van der Waals surface area contributed by atoms with Gasteiger partial charge in [0.05, 0.1) is 11.4 Å². The van der Waals surface area contributed by atoms with Gasteiger partial charge in [0.15, 0.2) is 0 Å². The topological polar surface area (TPSA) is 26.8 Å². The average molecular weight is 315 g/mol. The third-order valence-electron chi connectivity index (χ3n) is 5.04. The summed E-state index contributed by atoms with van der Waals surface area (Å²) in [6.45, 7) is 8.60. The van der Waals surface area contributed by atoms with Crippen molar-refractivity contribution in [3.63, 3.8) is 0 Å². The van der Waals surface area contributed by atoms with E-state index in [0.29, 0.717) is 6.42 Å². The SMILES string of the molecule is CCCCC(=O)N1CCN(CCN2CCCC2)c2ccccc21. The number of rotatable bonds is 6. The van der Waals surface area contributed by atoms with Crippen molar-refractivity contribution in [3.05, 3.63) is 24.3 Å². The number of hydrogen-bond acceptors (Lipinski definition) is 3. The lowest BCUT2D eigenvalue weighted by atomic mass is 10.1. The van der Waals surface area contributed by atoms with Crippen LogP contribution in [0.5, 0.6) is 0 Å². The zero-order chi connectivity index (χ0) is 16.1. The Labute approximate surface area is 140 Å². The Bertz CT molecular complexity index is 525. The Morgan fingerprint density at radius 3 is 2.48 bits per heavy atom. The van der Waals surface area contributed by atoms with E-state index in [1.165, 1.54) is 31.6 Å². The Kier molecular flexibility index (Phi) is 5.55. The minimum atomic E-state index is 0.276. The van der Waals surface area contributed by atoms with E-state index in [9.17, 15) is 4.79 Å². The van der Waals surface area contributed by atoms with Gasteiger partial charge in [-0.15, -0.1) is 0 Å². The number of likely N-dealkylation sites (tertiary alicyclic amines) is 1. The van der Waals surface area contributed by atoms with Crippen LogP contribution in [0, 0.1) is 0 Å². The Hall–Kier alpha value is -1.55. The van der Waals surface area contributed by atoms with Gasteiger partial charge < -0.3 is 14.7 Å². The number of hydrogen-bond donors (Lipinski definition) is 0. The van der Waals surface area contributed by atoms with Crippen molar-refractivity contribution in [1.82, 2.24) is 4.90 Å². The van der Waals surface area contributed by atoms with E-state index in [1.807, 2.05) is 11.0 Å². The van der Waals surface area contributed by atoms with E-state index in [1.54, 1.807) is 0 Å². The lowest BCUT2D eigenvalue weighted by Crippen LogP contribution is -2.46. The molecule has 23 heavy (non-hydrogen) atoms. The molecule has 2 heterocycles. The molecule has 0 N–H and O–H groups in total. The summed E-state index contributed by atoms with van der Waals surface area (Å²) < 4.78 is 0. The fourth-order valence-electron chi connectivity index (χ4n) is 3.64. The van der Waals surface area contributed by atoms with Crippen LogP contribution in [0.4, 0.5) is 11.4 Å². The van der Waals surface area contributed by atoms with E-state index >= 15 is 0 Å². The number of para-hydroxylation sites is 2. The monoisotopic (exact) mass is 315 g/mol. The second-order valence-electron chi connectivity index (χ2n) is 6.67. The van der Waals surface area contributed by atoms with Gasteiger partial charge in [-0.2, -0.15) is 0 Å². The van der Waals surface area contributed by atoms with E-state index in [4.69, 9.17) is 0 Å². The molecule has 0 bridgehead atoms. The van der Waals surface area contributed by atoms with Crippen LogP contribution in [-0.4, -0.2) is 50.1 Å². The van der Waals surface area contributed by atoms with Gasteiger partial charge in [-0.3, -0.25) is 4.79 Å². The first kappa shape index (κ1) is 16.3. The summed E-state index contributed by atoms with van der Waals surface area (Å²) >= 11 is 0. The smallest absolute Gasteiger partial charge is 0.227 e. The van der Waals surface area contributed by atoms with Crippen molar-refractivity contribution in [2.45, 2.75) is 39.0 Å². The van der Waals surface area contributed by atoms with E-state index in [0.717, 1.165) is 44.7 Å². The molecular weight excluding hydrogens is 286 g/mol. The molecular formula is C19H29N3O. The van der Waals surface area contributed by atoms with Crippen molar-refractivity contribution in [3.8, 4) is 0 Å². The van der Waals surface area contributed by atoms with Crippen LogP contribution >= 0.6 is 0 Å². The average Bonchev–Trinajstić information content (AvgIpc) is 3.11. The van der Waals surface area contributed by atoms with Gasteiger partial charge in [0.25, 0.3) is 0 Å². The predicted octanol–water partition coefficient (Wildman–Crippen LogP) is 3.13. The molecule has 1 aromatic rings. The standard InChI is InChI=1S/C19H29N3O/c1-2-3-10-19(23)22-16-15-21(14-13-20-11-6-7-12-20)17-8-4-5-9-18(17)22/h4-5,8-9H,2-3,6-7,10-16H2,1H3. The van der Waals surface area contributed by atoms with Gasteiger partial charge in [0, 0.05) is 32.6 Å². The highest BCUT2D eigenvalue weighted by molar-refractivity contribution is 5.97. The zero-order valence-corrected chi connectivity index (χ0v) is 14.3. The molecule has 2 aliphatic heterocycles. The number of benzene rings is 1. The first-order chi connectivity index (χ1) is 11.3. The van der Waals surface area contributed by atoms with Crippen molar-refractivity contribution in [1.29, 1.82) is 0 Å². The molecule has 1 fully saturated rings. The number of amides is 1. The maximum absolute atomic E-state index is 12.5. The largest absolute Gasteiger partial charge is 0.367 e. The molecule has 0 aromatic heterocycles. The van der Waals surface area contributed by atoms with Gasteiger partial charge in [-0.1, -0.05) is 25.5 Å². The van der Waals surface area contributed by atoms with Gasteiger partial charge in [-0.25, -0.2) is 0 Å². The molecule has 1 saturated heterocycles. The Morgan fingerprint density at radius 1 is 1.00 bits per heavy atom. The number of carbonyl (C=O) groups excluding carboxylic acids is 1. The summed E-state index contributed by atoms with van der Waals surface area (Å²) in [5, 5.41) is 0. The van der Waals surface area contributed by atoms with Gasteiger partial charge in [0.1, 0.15) is 0 Å². The van der Waals surface area contributed by atoms with Crippen molar-refractivity contribution >= 4 is 17.3 Å². The number of nitrogens with zero attached hydrogens (tertiary/aromatic N) is 3. The molecule has 2 aliphatic rings. The van der Waals surface area contributed by atoms with Gasteiger partial charge in [0.2, 0.25) is 5.91 Å². The molecule has 1 amide bonds. The van der Waals surface area contributed by atoms with E-state index < -0.39 is 0 Å². The predicted molar refractivity (Wildman–Crippen MR) is 96.2 cm³/mol. The van der Waals surface area contributed by atoms with Crippen LogP contribution < -0.4 is 9.80 Å². The molecule has 0 atom stereocenters. The zero-order valence-electron chi connectivity index (χ0n) is 14.3. The number of anilines is 2. The van der Waals surface area contributed by atoms with E-state index in [2.05, 4.69) is 34.9 Å².